The van der Waals surface area contributed by atoms with E-state index >= 15 is 0 Å². The average molecular weight is 528 g/mol. The first kappa shape index (κ1) is 24.9. The molecule has 11 heteroatoms. The maximum atomic E-state index is 13.1. The van der Waals surface area contributed by atoms with Crippen LogP contribution in [0.1, 0.15) is 10.4 Å². The van der Waals surface area contributed by atoms with E-state index in [0.717, 1.165) is 33.5 Å². The van der Waals surface area contributed by atoms with Gasteiger partial charge in [-0.15, -0.1) is 11.3 Å². The molecule has 0 saturated heterocycles. The van der Waals surface area contributed by atoms with Gasteiger partial charge in [-0.25, -0.2) is 19.7 Å². The molecule has 5 aromatic rings. The van der Waals surface area contributed by atoms with Crippen LogP contribution in [-0.4, -0.2) is 58.6 Å². The van der Waals surface area contributed by atoms with E-state index in [1.807, 2.05) is 47.8 Å². The first-order valence-electron chi connectivity index (χ1n) is 11.8. The number of fused-ring (bicyclic) bond motifs is 1. The lowest BCUT2D eigenvalue weighted by molar-refractivity contribution is -0.142. The third-order valence-electron chi connectivity index (χ3n) is 5.86. The van der Waals surface area contributed by atoms with Crippen molar-refractivity contribution >= 4 is 45.2 Å². The van der Waals surface area contributed by atoms with Gasteiger partial charge in [0.25, 0.3) is 5.91 Å². The van der Waals surface area contributed by atoms with Crippen molar-refractivity contribution in [3.8, 4) is 22.6 Å². The Kier molecular flexibility index (Phi) is 7.27. The molecule has 1 atom stereocenters. The Bertz CT molecular complexity index is 1580. The smallest absolute Gasteiger partial charge is 0.330 e. The minimum absolute atomic E-state index is 0.123. The summed E-state index contributed by atoms with van der Waals surface area (Å²) < 4.78 is 4.92. The van der Waals surface area contributed by atoms with Crippen molar-refractivity contribution in [3.63, 3.8) is 0 Å². The van der Waals surface area contributed by atoms with Crippen molar-refractivity contribution < 1.29 is 14.3 Å². The molecule has 0 radical (unpaired) electrons. The van der Waals surface area contributed by atoms with E-state index in [9.17, 15) is 9.59 Å². The van der Waals surface area contributed by atoms with Crippen molar-refractivity contribution in [2.45, 2.75) is 6.04 Å². The molecule has 3 heterocycles. The summed E-state index contributed by atoms with van der Waals surface area (Å²) in [6, 6.07) is 17.9. The van der Waals surface area contributed by atoms with Crippen LogP contribution in [0.4, 0.5) is 11.1 Å². The molecule has 0 fully saturated rings. The summed E-state index contributed by atoms with van der Waals surface area (Å²) >= 11 is 1.42. The minimum atomic E-state index is -0.907. The summed E-state index contributed by atoms with van der Waals surface area (Å²) in [6.45, 7) is 0.123. The van der Waals surface area contributed by atoms with Gasteiger partial charge >= 0.3 is 5.97 Å². The zero-order valence-electron chi connectivity index (χ0n) is 20.7. The predicted octanol–water partition coefficient (Wildman–Crippen LogP) is 4.17. The number of hydrogen-bond donors (Lipinski definition) is 4. The monoisotopic (exact) mass is 527 g/mol. The number of ether oxygens (including phenoxy) is 1. The topological polar surface area (TPSA) is 134 Å². The van der Waals surface area contributed by atoms with Crippen LogP contribution in [0, 0.1) is 0 Å². The van der Waals surface area contributed by atoms with Crippen molar-refractivity contribution in [1.29, 1.82) is 0 Å². The molecule has 0 aliphatic heterocycles. The summed E-state index contributed by atoms with van der Waals surface area (Å²) in [7, 11) is 3.05. The lowest BCUT2D eigenvalue weighted by Gasteiger charge is -2.17. The van der Waals surface area contributed by atoms with Gasteiger partial charge in [0.2, 0.25) is 5.95 Å². The maximum Gasteiger partial charge on any atom is 0.330 e. The number of anilines is 2. The first-order valence-corrected chi connectivity index (χ1v) is 12.7. The summed E-state index contributed by atoms with van der Waals surface area (Å²) in [4.78, 5) is 42.0. The van der Waals surface area contributed by atoms with E-state index in [0.29, 0.717) is 16.6 Å². The molecule has 0 saturated carbocycles. The average Bonchev–Trinajstić information content (AvgIpc) is 3.62. The highest BCUT2D eigenvalue weighted by molar-refractivity contribution is 7.14. The third kappa shape index (κ3) is 5.47. The molecule has 10 nitrogen and oxygen atoms in total. The van der Waals surface area contributed by atoms with E-state index in [1.165, 1.54) is 18.4 Å². The van der Waals surface area contributed by atoms with Crippen molar-refractivity contribution in [3.05, 3.63) is 77.8 Å². The van der Waals surface area contributed by atoms with Gasteiger partial charge in [-0.3, -0.25) is 4.79 Å². The third-order valence-corrected chi connectivity index (χ3v) is 6.66. The molecule has 0 aliphatic rings. The number of hydrogen-bond acceptors (Lipinski definition) is 9. The van der Waals surface area contributed by atoms with Crippen LogP contribution in [0.2, 0.25) is 0 Å². The Morgan fingerprint density at radius 1 is 1.05 bits per heavy atom. The second-order valence-corrected chi connectivity index (χ2v) is 9.19. The summed E-state index contributed by atoms with van der Waals surface area (Å²) in [5, 5.41) is 12.2. The number of rotatable bonds is 9. The molecule has 1 unspecified atom stereocenters. The fourth-order valence-corrected chi connectivity index (χ4v) is 4.63. The van der Waals surface area contributed by atoms with Crippen molar-refractivity contribution in [2.24, 2.45) is 0 Å². The summed E-state index contributed by atoms with van der Waals surface area (Å²) in [6.07, 6.45) is 1.67. The molecular weight excluding hydrogens is 502 g/mol. The molecule has 0 spiro atoms. The Balaban J connectivity index is 1.29. The van der Waals surface area contributed by atoms with Crippen molar-refractivity contribution in [2.75, 3.05) is 31.3 Å². The van der Waals surface area contributed by atoms with Crippen LogP contribution in [0.3, 0.4) is 0 Å². The van der Waals surface area contributed by atoms with E-state index in [1.54, 1.807) is 31.4 Å². The highest BCUT2D eigenvalue weighted by Gasteiger charge is 2.23. The zero-order valence-corrected chi connectivity index (χ0v) is 21.5. The number of esters is 1. The van der Waals surface area contributed by atoms with E-state index in [4.69, 9.17) is 4.74 Å². The lowest BCUT2D eigenvalue weighted by Crippen LogP contribution is -2.46. The quantitative estimate of drug-likeness (QED) is 0.210. The highest BCUT2D eigenvalue weighted by atomic mass is 32.1. The van der Waals surface area contributed by atoms with Gasteiger partial charge in [0.1, 0.15) is 6.04 Å². The Morgan fingerprint density at radius 3 is 2.68 bits per heavy atom. The molecule has 192 valence electrons. The molecular formula is C27H25N7O3S. The molecule has 38 heavy (non-hydrogen) atoms. The number of aromatic nitrogens is 4. The van der Waals surface area contributed by atoms with Crippen LogP contribution in [0.15, 0.2) is 72.2 Å². The number of nitrogens with one attached hydrogen (secondary N) is 4. The summed E-state index contributed by atoms with van der Waals surface area (Å²) in [5.74, 6) is -0.437. The van der Waals surface area contributed by atoms with Crippen LogP contribution in [-0.2, 0) is 9.53 Å². The molecule has 0 bridgehead atoms. The Morgan fingerprint density at radius 2 is 1.89 bits per heavy atom. The zero-order chi connectivity index (χ0) is 26.5. The van der Waals surface area contributed by atoms with Crippen LogP contribution in [0.5, 0.6) is 0 Å². The first-order chi connectivity index (χ1) is 18.5. The molecule has 5 rings (SSSR count). The largest absolute Gasteiger partial charge is 0.467 e. The molecule has 4 N–H and O–H groups in total. The van der Waals surface area contributed by atoms with E-state index in [2.05, 4.69) is 35.9 Å². The van der Waals surface area contributed by atoms with Gasteiger partial charge in [0, 0.05) is 47.2 Å². The fourth-order valence-electron chi connectivity index (χ4n) is 3.90. The number of amides is 1. The van der Waals surface area contributed by atoms with Gasteiger partial charge in [0.05, 0.1) is 24.2 Å². The number of carbonyl (C=O) groups excluding carboxylic acids is 2. The number of nitrogens with zero attached hydrogens (tertiary/aromatic N) is 3. The van der Waals surface area contributed by atoms with Gasteiger partial charge in [-0.05, 0) is 30.3 Å². The standard InChI is InChI=1S/C27H25N7O3S/c1-28-26-29-11-10-20(33-26)21-13-18-12-17(8-9-19(18)31-21)24(35)32-22(25(36)37-2)14-30-27-34-23(15-38-27)16-6-4-3-5-7-16/h3-13,15,22,31H,14H2,1-2H3,(H,30,34)(H,32,35)(H,28,29,33). The Hall–Kier alpha value is -4.77. The van der Waals surface area contributed by atoms with E-state index in [-0.39, 0.29) is 6.54 Å². The molecule has 3 aromatic heterocycles. The van der Waals surface area contributed by atoms with Gasteiger partial charge in [-0.2, -0.15) is 0 Å². The van der Waals surface area contributed by atoms with Crippen LogP contribution < -0.4 is 16.0 Å². The minimum Gasteiger partial charge on any atom is -0.467 e. The SMILES string of the molecule is CNc1nccc(-c2cc3cc(C(=O)NC(CNc4nc(-c5ccccc5)cs4)C(=O)OC)ccc3[nH]2)n1. The number of thiazole rings is 1. The second-order valence-electron chi connectivity index (χ2n) is 8.33. The second kappa shape index (κ2) is 11.1. The molecule has 0 aliphatic carbocycles. The number of methoxy groups -OCH3 is 1. The fraction of sp³-hybridized carbons (Fsp3) is 0.148. The number of benzene rings is 2. The maximum absolute atomic E-state index is 13.1. The van der Waals surface area contributed by atoms with Gasteiger partial charge in [-0.1, -0.05) is 30.3 Å². The summed E-state index contributed by atoms with van der Waals surface area (Å²) in [5.41, 5.74) is 4.62. The van der Waals surface area contributed by atoms with Crippen molar-refractivity contribution in [1.82, 2.24) is 25.3 Å². The predicted molar refractivity (Wildman–Crippen MR) is 148 cm³/mol. The van der Waals surface area contributed by atoms with E-state index < -0.39 is 17.9 Å². The number of aromatic amines is 1. The molecule has 2 aromatic carbocycles. The highest BCUT2D eigenvalue weighted by Crippen LogP contribution is 2.25. The van der Waals surface area contributed by atoms with Gasteiger partial charge < -0.3 is 25.7 Å². The normalized spacial score (nSPS) is 11.6. The van der Waals surface area contributed by atoms with Crippen LogP contribution in [0.25, 0.3) is 33.5 Å². The number of carbonyl (C=O) groups is 2. The molecule has 1 amide bonds. The Labute approximate surface area is 222 Å². The van der Waals surface area contributed by atoms with Crippen LogP contribution >= 0.6 is 11.3 Å². The lowest BCUT2D eigenvalue weighted by atomic mass is 10.1. The number of H-pyrrole nitrogens is 1. The van der Waals surface area contributed by atoms with Gasteiger partial charge in [0.15, 0.2) is 5.13 Å².